The van der Waals surface area contributed by atoms with E-state index in [0.29, 0.717) is 6.42 Å². The fourth-order valence-corrected chi connectivity index (χ4v) is 4.12. The van der Waals surface area contributed by atoms with Gasteiger partial charge in [-0.2, -0.15) is 18.4 Å². The molecule has 3 atom stereocenters. The van der Waals surface area contributed by atoms with E-state index < -0.39 is 62.0 Å². The fourth-order valence-electron chi connectivity index (χ4n) is 3.27. The van der Waals surface area contributed by atoms with Gasteiger partial charge in [0.15, 0.2) is 0 Å². The highest BCUT2D eigenvalue weighted by Crippen LogP contribution is 2.34. The lowest BCUT2D eigenvalue weighted by atomic mass is 10.0. The van der Waals surface area contributed by atoms with Crippen molar-refractivity contribution in [3.05, 3.63) is 75.8 Å². The van der Waals surface area contributed by atoms with E-state index in [1.165, 1.54) is 0 Å². The standard InChI is InChI=1S/C22H23F3N4O5S/c1-35(33,34)14-19(21(30)27-17(13-26)10-7-15-5-3-2-4-6-15)28-20(22(23,24)25)16-8-11-18(12-9-16)29(31)32/h2-6,8-9,11-12,17,19-20,28H,7,10,14H2,1H3,(H,27,30)/t17-,19-,20-/m0/s1. The van der Waals surface area contributed by atoms with Gasteiger partial charge >= 0.3 is 6.18 Å². The van der Waals surface area contributed by atoms with Crippen LogP contribution in [0.25, 0.3) is 0 Å². The molecule has 9 nitrogen and oxygen atoms in total. The monoisotopic (exact) mass is 512 g/mol. The summed E-state index contributed by atoms with van der Waals surface area (Å²) in [4.78, 5) is 22.8. The number of sulfone groups is 1. The van der Waals surface area contributed by atoms with E-state index in [1.807, 2.05) is 23.5 Å². The van der Waals surface area contributed by atoms with E-state index in [2.05, 4.69) is 5.32 Å². The highest BCUT2D eigenvalue weighted by Gasteiger charge is 2.43. The third-order valence-corrected chi connectivity index (χ3v) is 5.89. The second-order valence-corrected chi connectivity index (χ2v) is 10.0. The number of amides is 1. The number of hydrogen-bond donors (Lipinski definition) is 2. The Balaban J connectivity index is 2.24. The molecule has 0 fully saturated rings. The second-order valence-electron chi connectivity index (χ2n) is 7.85. The normalized spacial score (nSPS) is 14.4. The summed E-state index contributed by atoms with van der Waals surface area (Å²) in [5, 5.41) is 24.5. The van der Waals surface area contributed by atoms with Crippen molar-refractivity contribution in [1.82, 2.24) is 10.6 Å². The number of nitrogens with zero attached hydrogens (tertiary/aromatic N) is 2. The molecule has 35 heavy (non-hydrogen) atoms. The van der Waals surface area contributed by atoms with Crippen molar-refractivity contribution in [2.24, 2.45) is 0 Å². The molecule has 2 aromatic rings. The van der Waals surface area contributed by atoms with Crippen molar-refractivity contribution in [2.75, 3.05) is 12.0 Å². The van der Waals surface area contributed by atoms with Gasteiger partial charge in [0.2, 0.25) is 5.91 Å². The molecule has 2 aromatic carbocycles. The molecule has 0 saturated heterocycles. The number of carbonyl (C=O) groups is 1. The van der Waals surface area contributed by atoms with Gasteiger partial charge in [0.05, 0.1) is 16.7 Å². The van der Waals surface area contributed by atoms with Crippen LogP contribution in [-0.2, 0) is 21.1 Å². The Morgan fingerprint density at radius 3 is 2.23 bits per heavy atom. The van der Waals surface area contributed by atoms with E-state index in [0.717, 1.165) is 36.1 Å². The van der Waals surface area contributed by atoms with E-state index in [9.17, 15) is 41.8 Å². The third kappa shape index (κ3) is 8.99. The minimum atomic E-state index is -4.96. The molecule has 0 aromatic heterocycles. The van der Waals surface area contributed by atoms with Gasteiger partial charge in [0.25, 0.3) is 5.69 Å². The average Bonchev–Trinajstić information content (AvgIpc) is 2.78. The second kappa shape index (κ2) is 11.8. The summed E-state index contributed by atoms with van der Waals surface area (Å²) < 4.78 is 65.2. The molecule has 0 aliphatic carbocycles. The van der Waals surface area contributed by atoms with Gasteiger partial charge in [0, 0.05) is 18.4 Å². The molecular weight excluding hydrogens is 489 g/mol. The van der Waals surface area contributed by atoms with Crippen LogP contribution < -0.4 is 10.6 Å². The lowest BCUT2D eigenvalue weighted by molar-refractivity contribution is -0.384. The topological polar surface area (TPSA) is 142 Å². The molecule has 2 N–H and O–H groups in total. The molecule has 2 rings (SSSR count). The van der Waals surface area contributed by atoms with Crippen LogP contribution in [0.3, 0.4) is 0 Å². The highest BCUT2D eigenvalue weighted by molar-refractivity contribution is 7.90. The Morgan fingerprint density at radius 1 is 1.14 bits per heavy atom. The van der Waals surface area contributed by atoms with Gasteiger partial charge in [0.1, 0.15) is 28.0 Å². The van der Waals surface area contributed by atoms with Gasteiger partial charge in [-0.15, -0.1) is 0 Å². The molecule has 188 valence electrons. The van der Waals surface area contributed by atoms with Gasteiger partial charge in [-0.05, 0) is 24.0 Å². The minimum absolute atomic E-state index is 0.156. The molecule has 0 bridgehead atoms. The van der Waals surface area contributed by atoms with Crippen LogP contribution in [0.2, 0.25) is 0 Å². The number of benzene rings is 2. The number of rotatable bonds is 11. The Hall–Kier alpha value is -3.50. The summed E-state index contributed by atoms with van der Waals surface area (Å²) in [6, 6.07) is 8.92. The molecule has 0 radical (unpaired) electrons. The average molecular weight is 513 g/mol. The van der Waals surface area contributed by atoms with Gasteiger partial charge in [-0.25, -0.2) is 8.42 Å². The lowest BCUT2D eigenvalue weighted by Crippen LogP contribution is -2.53. The molecule has 0 unspecified atom stereocenters. The Morgan fingerprint density at radius 2 is 1.74 bits per heavy atom. The number of carbonyl (C=O) groups excluding carboxylic acids is 1. The number of aryl methyl sites for hydroxylation is 1. The number of hydrogen-bond acceptors (Lipinski definition) is 7. The minimum Gasteiger partial charge on any atom is -0.339 e. The molecule has 13 heteroatoms. The first kappa shape index (κ1) is 27.7. The quantitative estimate of drug-likeness (QED) is 0.348. The fraction of sp³-hybridized carbons (Fsp3) is 0.364. The third-order valence-electron chi connectivity index (χ3n) is 4.96. The number of nitriles is 1. The number of non-ortho nitro benzene ring substituents is 1. The van der Waals surface area contributed by atoms with Crippen LogP contribution in [0.4, 0.5) is 18.9 Å². The number of halogens is 3. The van der Waals surface area contributed by atoms with Crippen molar-refractivity contribution in [3.63, 3.8) is 0 Å². The van der Waals surface area contributed by atoms with Crippen LogP contribution in [0.5, 0.6) is 0 Å². The predicted octanol–water partition coefficient (Wildman–Crippen LogP) is 2.84. The zero-order chi connectivity index (χ0) is 26.2. The molecule has 0 saturated carbocycles. The summed E-state index contributed by atoms with van der Waals surface area (Å²) in [7, 11) is -3.92. The van der Waals surface area contributed by atoms with Crippen molar-refractivity contribution >= 4 is 21.4 Å². The zero-order valence-electron chi connectivity index (χ0n) is 18.5. The maximum absolute atomic E-state index is 13.8. The zero-order valence-corrected chi connectivity index (χ0v) is 19.3. The predicted molar refractivity (Wildman–Crippen MR) is 121 cm³/mol. The van der Waals surface area contributed by atoms with Crippen LogP contribution in [0.15, 0.2) is 54.6 Å². The Kier molecular flexibility index (Phi) is 9.32. The molecule has 0 aliphatic rings. The smallest absolute Gasteiger partial charge is 0.339 e. The van der Waals surface area contributed by atoms with Crippen molar-refractivity contribution in [2.45, 2.75) is 37.1 Å². The molecule has 1 amide bonds. The maximum atomic E-state index is 13.8. The first-order valence-electron chi connectivity index (χ1n) is 10.3. The summed E-state index contributed by atoms with van der Waals surface area (Å²) in [5.41, 5.74) is -0.00573. The maximum Gasteiger partial charge on any atom is 0.407 e. The van der Waals surface area contributed by atoms with E-state index in [-0.39, 0.29) is 6.42 Å². The summed E-state index contributed by atoms with van der Waals surface area (Å²) in [6.07, 6.45) is -3.64. The summed E-state index contributed by atoms with van der Waals surface area (Å²) in [5.74, 6) is -2.05. The Bertz CT molecular complexity index is 1170. The van der Waals surface area contributed by atoms with Crippen molar-refractivity contribution in [1.29, 1.82) is 5.26 Å². The number of nitro groups is 1. The first-order chi connectivity index (χ1) is 16.3. The van der Waals surface area contributed by atoms with Gasteiger partial charge in [-0.3, -0.25) is 20.2 Å². The van der Waals surface area contributed by atoms with Crippen LogP contribution in [0.1, 0.15) is 23.6 Å². The molecule has 0 spiro atoms. The number of nitro benzene ring substituents is 1. The van der Waals surface area contributed by atoms with Gasteiger partial charge in [-0.1, -0.05) is 42.5 Å². The van der Waals surface area contributed by atoms with Crippen LogP contribution >= 0.6 is 0 Å². The van der Waals surface area contributed by atoms with E-state index in [4.69, 9.17) is 0 Å². The highest BCUT2D eigenvalue weighted by atomic mass is 32.2. The lowest BCUT2D eigenvalue weighted by Gasteiger charge is -2.27. The van der Waals surface area contributed by atoms with Crippen LogP contribution in [-0.4, -0.2) is 49.5 Å². The Labute approximate surface area is 200 Å². The van der Waals surface area contributed by atoms with Gasteiger partial charge < -0.3 is 5.32 Å². The van der Waals surface area contributed by atoms with E-state index >= 15 is 0 Å². The number of alkyl halides is 3. The summed E-state index contributed by atoms with van der Waals surface area (Å²) in [6.45, 7) is 0. The molecule has 0 aliphatic heterocycles. The number of nitrogens with one attached hydrogen (secondary N) is 2. The SMILES string of the molecule is CS(=O)(=O)C[C@H](N[C@@H](c1ccc([N+](=O)[O-])cc1)C(F)(F)F)C(=O)N[C@H](C#N)CCc1ccccc1. The largest absolute Gasteiger partial charge is 0.407 e. The van der Waals surface area contributed by atoms with E-state index in [1.54, 1.807) is 18.2 Å². The summed E-state index contributed by atoms with van der Waals surface area (Å²) >= 11 is 0. The first-order valence-corrected chi connectivity index (χ1v) is 12.3. The van der Waals surface area contributed by atoms with Crippen molar-refractivity contribution in [3.8, 4) is 6.07 Å². The van der Waals surface area contributed by atoms with Crippen molar-refractivity contribution < 1.29 is 31.3 Å². The molecule has 0 heterocycles. The molecular formula is C22H23F3N4O5S. The van der Waals surface area contributed by atoms with Crippen LogP contribution in [0, 0.1) is 21.4 Å².